The number of aliphatic hydroxyl groups excluding tert-OH is 1. The van der Waals surface area contributed by atoms with E-state index >= 15 is 0 Å². The van der Waals surface area contributed by atoms with Gasteiger partial charge in [-0.3, -0.25) is 0 Å². The summed E-state index contributed by atoms with van der Waals surface area (Å²) >= 11 is 1.75. The van der Waals surface area contributed by atoms with E-state index in [1.165, 1.54) is 6.42 Å². The first-order valence-corrected chi connectivity index (χ1v) is 10.2. The van der Waals surface area contributed by atoms with E-state index in [1.807, 2.05) is 6.26 Å². The van der Waals surface area contributed by atoms with Crippen LogP contribution in [0.2, 0.25) is 0 Å². The lowest BCUT2D eigenvalue weighted by molar-refractivity contribution is 0.282. The fourth-order valence-corrected chi connectivity index (χ4v) is 5.23. The highest BCUT2D eigenvalue weighted by molar-refractivity contribution is 7.99. The quantitative estimate of drug-likeness (QED) is 0.840. The lowest BCUT2D eigenvalue weighted by atomic mass is 9.96. The van der Waals surface area contributed by atoms with Crippen LogP contribution in [0.25, 0.3) is 0 Å². The Kier molecular flexibility index (Phi) is 6.10. The van der Waals surface area contributed by atoms with Crippen LogP contribution in [0.3, 0.4) is 0 Å². The second-order valence-corrected chi connectivity index (χ2v) is 8.35. The van der Waals surface area contributed by atoms with Gasteiger partial charge >= 0.3 is 0 Å². The van der Waals surface area contributed by atoms with Crippen molar-refractivity contribution >= 4 is 21.8 Å². The molecule has 21 heavy (non-hydrogen) atoms. The summed E-state index contributed by atoms with van der Waals surface area (Å²) < 4.78 is 27.5. The van der Waals surface area contributed by atoms with E-state index < -0.39 is 10.0 Å². The predicted molar refractivity (Wildman–Crippen MR) is 87.7 cm³/mol. The van der Waals surface area contributed by atoms with E-state index in [0.717, 1.165) is 30.4 Å². The van der Waals surface area contributed by atoms with Gasteiger partial charge in [-0.1, -0.05) is 37.1 Å². The first-order chi connectivity index (χ1) is 10.0. The standard InChI is InChI=1S/C15H23NO3S2/c1-20-15-5-3-2-4-14(15)16-21(18,19)11-13-8-6-12(10-17)7-9-13/h6-9,14-17H,2-5,10-11H2,1H3. The van der Waals surface area contributed by atoms with Crippen LogP contribution in [0.5, 0.6) is 0 Å². The normalized spacial score (nSPS) is 23.1. The lowest BCUT2D eigenvalue weighted by Crippen LogP contribution is -2.44. The van der Waals surface area contributed by atoms with Gasteiger partial charge in [0.1, 0.15) is 0 Å². The van der Waals surface area contributed by atoms with Gasteiger partial charge in [0.25, 0.3) is 0 Å². The molecule has 0 spiro atoms. The van der Waals surface area contributed by atoms with Gasteiger partial charge in [-0.05, 0) is 30.2 Å². The van der Waals surface area contributed by atoms with Crippen molar-refractivity contribution in [2.75, 3.05) is 6.26 Å². The van der Waals surface area contributed by atoms with E-state index in [0.29, 0.717) is 5.25 Å². The summed E-state index contributed by atoms with van der Waals surface area (Å²) in [5, 5.41) is 9.38. The number of aliphatic hydroxyl groups is 1. The van der Waals surface area contributed by atoms with Gasteiger partial charge in [0.2, 0.25) is 10.0 Å². The molecule has 6 heteroatoms. The molecule has 1 aliphatic rings. The zero-order chi connectivity index (χ0) is 15.3. The molecular weight excluding hydrogens is 306 g/mol. The molecule has 2 N–H and O–H groups in total. The molecule has 2 rings (SSSR count). The summed E-state index contributed by atoms with van der Waals surface area (Å²) in [4.78, 5) is 0. The van der Waals surface area contributed by atoms with Gasteiger partial charge < -0.3 is 5.11 Å². The third kappa shape index (κ3) is 4.98. The molecule has 0 aromatic heterocycles. The Bertz CT molecular complexity index is 543. The molecule has 1 fully saturated rings. The maximum atomic E-state index is 12.3. The van der Waals surface area contributed by atoms with Gasteiger partial charge in [0, 0.05) is 11.3 Å². The zero-order valence-corrected chi connectivity index (χ0v) is 13.9. The molecule has 118 valence electrons. The Labute approximate surface area is 131 Å². The molecule has 0 saturated heterocycles. The highest BCUT2D eigenvalue weighted by Crippen LogP contribution is 2.27. The number of hydrogen-bond acceptors (Lipinski definition) is 4. The highest BCUT2D eigenvalue weighted by Gasteiger charge is 2.28. The molecule has 4 nitrogen and oxygen atoms in total. The van der Waals surface area contributed by atoms with Crippen LogP contribution in [0, 0.1) is 0 Å². The minimum absolute atomic E-state index is 0.00366. The minimum atomic E-state index is -3.32. The Hall–Kier alpha value is -0.560. The van der Waals surface area contributed by atoms with Crippen LogP contribution in [0.1, 0.15) is 36.8 Å². The zero-order valence-electron chi connectivity index (χ0n) is 12.3. The van der Waals surface area contributed by atoms with Crippen molar-refractivity contribution in [2.45, 2.75) is 49.3 Å². The summed E-state index contributed by atoms with van der Waals surface area (Å²) in [6.07, 6.45) is 6.33. The van der Waals surface area contributed by atoms with Gasteiger partial charge in [-0.25, -0.2) is 13.1 Å². The average molecular weight is 329 g/mol. The Morgan fingerprint density at radius 2 is 1.81 bits per heavy atom. The Morgan fingerprint density at radius 3 is 2.43 bits per heavy atom. The predicted octanol–water partition coefficient (Wildman–Crippen LogP) is 2.27. The molecule has 2 atom stereocenters. The monoisotopic (exact) mass is 329 g/mol. The van der Waals surface area contributed by atoms with E-state index in [9.17, 15) is 8.42 Å². The lowest BCUT2D eigenvalue weighted by Gasteiger charge is -2.30. The third-order valence-electron chi connectivity index (χ3n) is 3.90. The van der Waals surface area contributed by atoms with Crippen molar-refractivity contribution < 1.29 is 13.5 Å². The molecule has 1 aliphatic carbocycles. The summed E-state index contributed by atoms with van der Waals surface area (Å²) in [6.45, 7) is -0.0250. The number of nitrogens with one attached hydrogen (secondary N) is 1. The first-order valence-electron chi connectivity index (χ1n) is 7.25. The second-order valence-electron chi connectivity index (χ2n) is 5.52. The van der Waals surface area contributed by atoms with Crippen molar-refractivity contribution in [1.29, 1.82) is 0 Å². The highest BCUT2D eigenvalue weighted by atomic mass is 32.2. The molecule has 0 aliphatic heterocycles. The number of thioether (sulfide) groups is 1. The molecule has 0 bridgehead atoms. The van der Waals surface area contributed by atoms with Crippen LogP contribution in [0.4, 0.5) is 0 Å². The topological polar surface area (TPSA) is 66.4 Å². The Balaban J connectivity index is 2.00. The van der Waals surface area contributed by atoms with Crippen LogP contribution < -0.4 is 4.72 Å². The van der Waals surface area contributed by atoms with Crippen LogP contribution in [0.15, 0.2) is 24.3 Å². The average Bonchev–Trinajstić information content (AvgIpc) is 2.47. The number of benzene rings is 1. The fraction of sp³-hybridized carbons (Fsp3) is 0.600. The van der Waals surface area contributed by atoms with Crippen molar-refractivity contribution in [3.63, 3.8) is 0 Å². The van der Waals surface area contributed by atoms with Crippen LogP contribution in [-0.2, 0) is 22.4 Å². The van der Waals surface area contributed by atoms with Crippen molar-refractivity contribution in [2.24, 2.45) is 0 Å². The van der Waals surface area contributed by atoms with E-state index in [-0.39, 0.29) is 18.4 Å². The molecular formula is C15H23NO3S2. The van der Waals surface area contributed by atoms with Crippen molar-refractivity contribution in [3.05, 3.63) is 35.4 Å². The molecule has 1 aromatic carbocycles. The number of sulfonamides is 1. The molecule has 0 heterocycles. The van der Waals surface area contributed by atoms with Crippen LogP contribution >= 0.6 is 11.8 Å². The number of rotatable bonds is 6. The summed E-state index contributed by atoms with van der Waals surface area (Å²) in [5.74, 6) is -0.00366. The fourth-order valence-electron chi connectivity index (χ4n) is 2.75. The third-order valence-corrected chi connectivity index (χ3v) is 6.44. The van der Waals surface area contributed by atoms with Gasteiger partial charge in [0.05, 0.1) is 12.4 Å². The number of hydrogen-bond donors (Lipinski definition) is 2. The molecule has 1 saturated carbocycles. The largest absolute Gasteiger partial charge is 0.392 e. The molecule has 0 amide bonds. The van der Waals surface area contributed by atoms with Gasteiger partial charge in [-0.2, -0.15) is 11.8 Å². The SMILES string of the molecule is CSC1CCCCC1NS(=O)(=O)Cc1ccc(CO)cc1. The second kappa shape index (κ2) is 7.63. The summed E-state index contributed by atoms with van der Waals surface area (Å²) in [6, 6.07) is 7.09. The van der Waals surface area contributed by atoms with Crippen molar-refractivity contribution in [3.8, 4) is 0 Å². The maximum absolute atomic E-state index is 12.3. The molecule has 2 unspecified atom stereocenters. The van der Waals surface area contributed by atoms with E-state index in [4.69, 9.17) is 5.11 Å². The first kappa shape index (κ1) is 16.8. The maximum Gasteiger partial charge on any atom is 0.216 e. The van der Waals surface area contributed by atoms with Gasteiger partial charge in [-0.15, -0.1) is 0 Å². The minimum Gasteiger partial charge on any atom is -0.392 e. The van der Waals surface area contributed by atoms with E-state index in [1.54, 1.807) is 36.0 Å². The van der Waals surface area contributed by atoms with E-state index in [2.05, 4.69) is 4.72 Å². The van der Waals surface area contributed by atoms with Crippen LogP contribution in [-0.4, -0.2) is 31.1 Å². The smallest absolute Gasteiger partial charge is 0.216 e. The Morgan fingerprint density at radius 1 is 1.19 bits per heavy atom. The molecule has 0 radical (unpaired) electrons. The van der Waals surface area contributed by atoms with Crippen molar-refractivity contribution in [1.82, 2.24) is 4.72 Å². The molecule has 1 aromatic rings. The summed E-state index contributed by atoms with van der Waals surface area (Å²) in [7, 11) is -3.32. The van der Waals surface area contributed by atoms with Gasteiger partial charge in [0.15, 0.2) is 0 Å². The summed E-state index contributed by atoms with van der Waals surface area (Å²) in [5.41, 5.74) is 1.54.